The molecule has 7 N–H and O–H groups in total. The van der Waals surface area contributed by atoms with Crippen molar-refractivity contribution < 1.29 is 29.4 Å². The van der Waals surface area contributed by atoms with Gasteiger partial charge in [0.2, 0.25) is 11.8 Å². The van der Waals surface area contributed by atoms with E-state index in [-0.39, 0.29) is 36.6 Å². The lowest BCUT2D eigenvalue weighted by Crippen LogP contribution is -2.56. The normalized spacial score (nSPS) is 21.2. The molecule has 10 nitrogen and oxygen atoms in total. The second-order valence-electron chi connectivity index (χ2n) is 8.13. The Morgan fingerprint density at radius 2 is 1.56 bits per heavy atom. The summed E-state index contributed by atoms with van der Waals surface area (Å²) in [6, 6.07) is -2.99. The molecule has 0 fully saturated rings. The third-order valence-corrected chi connectivity index (χ3v) is 5.65. The van der Waals surface area contributed by atoms with Gasteiger partial charge in [-0.25, -0.2) is 4.79 Å². The summed E-state index contributed by atoms with van der Waals surface area (Å²) in [7, 11) is 1.67. The van der Waals surface area contributed by atoms with Crippen molar-refractivity contribution in [1.82, 2.24) is 16.0 Å². The lowest BCUT2D eigenvalue weighted by molar-refractivity contribution is -0.143. The molecule has 10 heteroatoms. The van der Waals surface area contributed by atoms with Crippen LogP contribution in [0.25, 0.3) is 0 Å². The van der Waals surface area contributed by atoms with Gasteiger partial charge in [-0.3, -0.25) is 14.4 Å². The maximum absolute atomic E-state index is 12.9. The van der Waals surface area contributed by atoms with Gasteiger partial charge in [0, 0.05) is 12.5 Å². The number of hydrogen-bond donors (Lipinski definition) is 6. The maximum atomic E-state index is 12.9. The molecule has 0 saturated carbocycles. The van der Waals surface area contributed by atoms with Crippen LogP contribution in [0.3, 0.4) is 0 Å². The van der Waals surface area contributed by atoms with Crippen molar-refractivity contribution in [3.8, 4) is 0 Å². The highest BCUT2D eigenvalue weighted by molar-refractivity contribution is 5.92. The SMILES string of the molecule is CCC(C)C(NC)C(=O)NC(CCC1C=CC(N)C=C1)C(=O)NC(CCC(=O)O)C(=O)O. The van der Waals surface area contributed by atoms with Gasteiger partial charge in [-0.05, 0) is 38.1 Å². The molecular weight excluding hydrogens is 416 g/mol. The molecule has 0 aromatic rings. The molecule has 1 rings (SSSR count). The molecular formula is C22H36N4O6. The number of carboxylic acid groups (broad SMARTS) is 2. The first-order chi connectivity index (χ1) is 15.1. The van der Waals surface area contributed by atoms with Gasteiger partial charge in [0.15, 0.2) is 0 Å². The first-order valence-electron chi connectivity index (χ1n) is 10.9. The fourth-order valence-corrected chi connectivity index (χ4v) is 3.46. The molecule has 32 heavy (non-hydrogen) atoms. The van der Waals surface area contributed by atoms with Crippen molar-refractivity contribution in [3.63, 3.8) is 0 Å². The molecule has 0 aromatic carbocycles. The highest BCUT2D eigenvalue weighted by atomic mass is 16.4. The van der Waals surface area contributed by atoms with Crippen LogP contribution in [0.2, 0.25) is 0 Å². The third kappa shape index (κ3) is 9.19. The summed E-state index contributed by atoms with van der Waals surface area (Å²) >= 11 is 0. The predicted octanol–water partition coefficient (Wildman–Crippen LogP) is 0.389. The zero-order valence-electron chi connectivity index (χ0n) is 18.9. The van der Waals surface area contributed by atoms with E-state index in [1.54, 1.807) is 7.05 Å². The molecule has 0 aliphatic heterocycles. The van der Waals surface area contributed by atoms with E-state index in [0.29, 0.717) is 6.42 Å². The second-order valence-corrected chi connectivity index (χ2v) is 8.13. The van der Waals surface area contributed by atoms with Crippen LogP contribution in [0.1, 0.15) is 46.0 Å². The van der Waals surface area contributed by atoms with Gasteiger partial charge in [-0.1, -0.05) is 44.6 Å². The molecule has 0 aromatic heterocycles. The summed E-state index contributed by atoms with van der Waals surface area (Å²) in [4.78, 5) is 48.0. The highest BCUT2D eigenvalue weighted by Crippen LogP contribution is 2.17. The summed E-state index contributed by atoms with van der Waals surface area (Å²) in [6.07, 6.45) is 8.48. The average Bonchev–Trinajstić information content (AvgIpc) is 2.74. The third-order valence-electron chi connectivity index (χ3n) is 5.65. The summed E-state index contributed by atoms with van der Waals surface area (Å²) < 4.78 is 0. The molecule has 4 unspecified atom stereocenters. The largest absolute Gasteiger partial charge is 0.481 e. The number of carboxylic acids is 2. The first-order valence-corrected chi connectivity index (χ1v) is 10.9. The van der Waals surface area contributed by atoms with Crippen LogP contribution in [-0.2, 0) is 19.2 Å². The summed E-state index contributed by atoms with van der Waals surface area (Å²) in [6.45, 7) is 3.88. The number of amides is 2. The molecule has 1 aliphatic carbocycles. The van der Waals surface area contributed by atoms with E-state index in [1.807, 2.05) is 38.2 Å². The number of nitrogens with one attached hydrogen (secondary N) is 3. The van der Waals surface area contributed by atoms with Crippen LogP contribution in [0, 0.1) is 11.8 Å². The Morgan fingerprint density at radius 1 is 0.969 bits per heavy atom. The van der Waals surface area contributed by atoms with E-state index in [4.69, 9.17) is 10.8 Å². The van der Waals surface area contributed by atoms with Gasteiger partial charge in [0.25, 0.3) is 0 Å². The van der Waals surface area contributed by atoms with Crippen LogP contribution in [-0.4, -0.2) is 65.2 Å². The summed E-state index contributed by atoms with van der Waals surface area (Å²) in [5, 5.41) is 26.3. The average molecular weight is 453 g/mol. The van der Waals surface area contributed by atoms with E-state index in [2.05, 4.69) is 16.0 Å². The van der Waals surface area contributed by atoms with E-state index in [1.165, 1.54) is 0 Å². The van der Waals surface area contributed by atoms with Gasteiger partial charge in [-0.15, -0.1) is 0 Å². The number of carbonyl (C=O) groups excluding carboxylic acids is 2. The molecule has 4 atom stereocenters. The Hall–Kier alpha value is -2.72. The number of nitrogens with two attached hydrogens (primary N) is 1. The standard InChI is InChI=1S/C22H36N4O6/c1-4-13(2)19(24-3)21(30)25-16(10-7-14-5-8-15(23)9-6-14)20(29)26-17(22(31)32)11-12-18(27)28/h5-6,8-9,13-17,19,24H,4,7,10-12,23H2,1-3H3,(H,25,30)(H,26,29)(H,27,28)(H,31,32). The van der Waals surface area contributed by atoms with E-state index in [0.717, 1.165) is 6.42 Å². The zero-order chi connectivity index (χ0) is 24.3. The van der Waals surface area contributed by atoms with Gasteiger partial charge in [-0.2, -0.15) is 0 Å². The molecule has 2 amide bonds. The lowest BCUT2D eigenvalue weighted by Gasteiger charge is -2.27. The zero-order valence-corrected chi connectivity index (χ0v) is 18.9. The minimum absolute atomic E-state index is 0.0248. The Morgan fingerprint density at radius 3 is 2.06 bits per heavy atom. The van der Waals surface area contributed by atoms with Crippen molar-refractivity contribution >= 4 is 23.8 Å². The smallest absolute Gasteiger partial charge is 0.326 e. The summed E-state index contributed by atoms with van der Waals surface area (Å²) in [5.74, 6) is -3.43. The van der Waals surface area contributed by atoms with Gasteiger partial charge in [0.05, 0.1) is 6.04 Å². The van der Waals surface area contributed by atoms with Crippen LogP contribution in [0.5, 0.6) is 0 Å². The Labute approximate surface area is 188 Å². The minimum atomic E-state index is -1.36. The van der Waals surface area contributed by atoms with Crippen molar-refractivity contribution in [2.24, 2.45) is 17.6 Å². The molecule has 180 valence electrons. The van der Waals surface area contributed by atoms with Crippen LogP contribution >= 0.6 is 0 Å². The second kappa shape index (κ2) is 13.6. The van der Waals surface area contributed by atoms with Gasteiger partial charge >= 0.3 is 11.9 Å². The molecule has 0 spiro atoms. The van der Waals surface area contributed by atoms with Crippen LogP contribution in [0.4, 0.5) is 0 Å². The molecule has 0 saturated heterocycles. The highest BCUT2D eigenvalue weighted by Gasteiger charge is 2.30. The number of allylic oxidation sites excluding steroid dienone is 2. The molecule has 0 radical (unpaired) electrons. The van der Waals surface area contributed by atoms with E-state index >= 15 is 0 Å². The first kappa shape index (κ1) is 27.3. The fourth-order valence-electron chi connectivity index (χ4n) is 3.46. The number of rotatable bonds is 14. The number of likely N-dealkylation sites (N-methyl/N-ethyl adjacent to an activating group) is 1. The fraction of sp³-hybridized carbons (Fsp3) is 0.636. The van der Waals surface area contributed by atoms with Crippen molar-refractivity contribution in [1.29, 1.82) is 0 Å². The Bertz CT molecular complexity index is 709. The number of hydrogen-bond acceptors (Lipinski definition) is 6. The van der Waals surface area contributed by atoms with Gasteiger partial charge < -0.3 is 31.9 Å². The minimum Gasteiger partial charge on any atom is -0.481 e. The number of carbonyl (C=O) groups is 4. The molecule has 0 heterocycles. The van der Waals surface area contributed by atoms with Crippen LogP contribution < -0.4 is 21.7 Å². The van der Waals surface area contributed by atoms with Gasteiger partial charge in [0.1, 0.15) is 12.1 Å². The predicted molar refractivity (Wildman–Crippen MR) is 120 cm³/mol. The maximum Gasteiger partial charge on any atom is 0.326 e. The van der Waals surface area contributed by atoms with E-state index in [9.17, 15) is 24.3 Å². The Kier molecular flexibility index (Phi) is 11.6. The number of aliphatic carboxylic acids is 2. The summed E-state index contributed by atoms with van der Waals surface area (Å²) in [5.41, 5.74) is 5.79. The monoisotopic (exact) mass is 452 g/mol. The topological polar surface area (TPSA) is 171 Å². The molecule has 1 aliphatic rings. The van der Waals surface area contributed by atoms with Crippen molar-refractivity contribution in [2.45, 2.75) is 70.1 Å². The van der Waals surface area contributed by atoms with Crippen molar-refractivity contribution in [3.05, 3.63) is 24.3 Å². The van der Waals surface area contributed by atoms with E-state index < -0.39 is 42.4 Å². The Balaban J connectivity index is 2.93. The van der Waals surface area contributed by atoms with Crippen molar-refractivity contribution in [2.75, 3.05) is 7.05 Å². The quantitative estimate of drug-likeness (QED) is 0.205. The molecule has 0 bridgehead atoms. The van der Waals surface area contributed by atoms with Crippen LogP contribution in [0.15, 0.2) is 24.3 Å². The lowest BCUT2D eigenvalue weighted by atomic mass is 9.93.